The highest BCUT2D eigenvalue weighted by atomic mass is 16.2. The SMILES string of the molecule is C=CCN1C(=O)N[C@@H](CC)C1=O. The van der Waals surface area contributed by atoms with E-state index in [4.69, 9.17) is 0 Å². The Hall–Kier alpha value is -1.32. The van der Waals surface area contributed by atoms with Gasteiger partial charge in [0.25, 0.3) is 5.91 Å². The van der Waals surface area contributed by atoms with E-state index in [1.54, 1.807) is 0 Å². The summed E-state index contributed by atoms with van der Waals surface area (Å²) in [7, 11) is 0. The fraction of sp³-hybridized carbons (Fsp3) is 0.500. The second-order valence-electron chi connectivity index (χ2n) is 2.65. The number of rotatable bonds is 3. The average molecular weight is 168 g/mol. The molecule has 0 aromatic heterocycles. The number of imide groups is 1. The van der Waals surface area contributed by atoms with Gasteiger partial charge < -0.3 is 5.32 Å². The molecule has 0 saturated carbocycles. The van der Waals surface area contributed by atoms with Crippen molar-refractivity contribution in [2.75, 3.05) is 6.54 Å². The largest absolute Gasteiger partial charge is 0.326 e. The summed E-state index contributed by atoms with van der Waals surface area (Å²) in [5, 5.41) is 2.58. The number of carbonyl (C=O) groups excluding carboxylic acids is 2. The van der Waals surface area contributed by atoms with Crippen molar-refractivity contribution in [2.24, 2.45) is 0 Å². The van der Waals surface area contributed by atoms with E-state index in [0.717, 1.165) is 0 Å². The molecular formula is C8H12N2O2. The monoisotopic (exact) mass is 168 g/mol. The Labute approximate surface area is 71.2 Å². The van der Waals surface area contributed by atoms with E-state index in [0.29, 0.717) is 13.0 Å². The fourth-order valence-electron chi connectivity index (χ4n) is 1.16. The van der Waals surface area contributed by atoms with Crippen LogP contribution in [-0.4, -0.2) is 29.4 Å². The topological polar surface area (TPSA) is 49.4 Å². The summed E-state index contributed by atoms with van der Waals surface area (Å²) < 4.78 is 0. The molecule has 4 heteroatoms. The van der Waals surface area contributed by atoms with Crippen LogP contribution < -0.4 is 5.32 Å². The van der Waals surface area contributed by atoms with Crippen molar-refractivity contribution < 1.29 is 9.59 Å². The lowest BCUT2D eigenvalue weighted by Gasteiger charge is -2.08. The first-order chi connectivity index (χ1) is 5.70. The molecule has 1 atom stereocenters. The fourth-order valence-corrected chi connectivity index (χ4v) is 1.16. The van der Waals surface area contributed by atoms with Crippen LogP contribution in [0.4, 0.5) is 4.79 Å². The molecule has 0 aromatic carbocycles. The molecule has 12 heavy (non-hydrogen) atoms. The second kappa shape index (κ2) is 3.38. The van der Waals surface area contributed by atoms with Crippen LogP contribution in [0.25, 0.3) is 0 Å². The molecule has 1 saturated heterocycles. The Kier molecular flexibility index (Phi) is 2.47. The van der Waals surface area contributed by atoms with E-state index in [-0.39, 0.29) is 18.0 Å². The van der Waals surface area contributed by atoms with Crippen LogP contribution in [0.2, 0.25) is 0 Å². The highest BCUT2D eigenvalue weighted by Gasteiger charge is 2.35. The Bertz CT molecular complexity index is 225. The molecule has 1 N–H and O–H groups in total. The van der Waals surface area contributed by atoms with Gasteiger partial charge in [-0.05, 0) is 6.42 Å². The molecule has 4 nitrogen and oxygen atoms in total. The van der Waals surface area contributed by atoms with Crippen molar-refractivity contribution in [1.82, 2.24) is 10.2 Å². The van der Waals surface area contributed by atoms with E-state index >= 15 is 0 Å². The van der Waals surface area contributed by atoms with Gasteiger partial charge in [-0.1, -0.05) is 13.0 Å². The quantitative estimate of drug-likeness (QED) is 0.493. The number of nitrogens with zero attached hydrogens (tertiary/aromatic N) is 1. The second-order valence-corrected chi connectivity index (χ2v) is 2.65. The van der Waals surface area contributed by atoms with Gasteiger partial charge >= 0.3 is 6.03 Å². The maximum Gasteiger partial charge on any atom is 0.325 e. The van der Waals surface area contributed by atoms with Crippen molar-refractivity contribution in [3.8, 4) is 0 Å². The van der Waals surface area contributed by atoms with Gasteiger partial charge in [0.2, 0.25) is 0 Å². The first-order valence-electron chi connectivity index (χ1n) is 3.93. The van der Waals surface area contributed by atoms with Gasteiger partial charge in [-0.25, -0.2) is 4.79 Å². The normalized spacial score (nSPS) is 22.8. The average Bonchev–Trinajstić information content (AvgIpc) is 2.32. The number of amides is 3. The molecule has 66 valence electrons. The van der Waals surface area contributed by atoms with Crippen molar-refractivity contribution >= 4 is 11.9 Å². The standard InChI is InChI=1S/C8H12N2O2/c1-3-5-10-7(11)6(4-2)9-8(10)12/h3,6H,1,4-5H2,2H3,(H,9,12)/t6-/m0/s1. The molecule has 0 aliphatic carbocycles. The number of nitrogens with one attached hydrogen (secondary N) is 1. The zero-order chi connectivity index (χ0) is 9.14. The third-order valence-corrected chi connectivity index (χ3v) is 1.83. The summed E-state index contributed by atoms with van der Waals surface area (Å²) in [6, 6.07) is -0.649. The van der Waals surface area contributed by atoms with Gasteiger partial charge in [0.1, 0.15) is 6.04 Å². The molecule has 1 aliphatic rings. The van der Waals surface area contributed by atoms with Crippen LogP contribution in [0.3, 0.4) is 0 Å². The third-order valence-electron chi connectivity index (χ3n) is 1.83. The van der Waals surface area contributed by atoms with Crippen LogP contribution >= 0.6 is 0 Å². The van der Waals surface area contributed by atoms with Crippen molar-refractivity contribution in [3.63, 3.8) is 0 Å². The highest BCUT2D eigenvalue weighted by molar-refractivity contribution is 6.04. The van der Waals surface area contributed by atoms with Crippen LogP contribution in [0, 0.1) is 0 Å². The summed E-state index contributed by atoms with van der Waals surface area (Å²) in [6.07, 6.45) is 2.17. The first kappa shape index (κ1) is 8.77. The summed E-state index contributed by atoms with van der Waals surface area (Å²) in [6.45, 7) is 5.62. The van der Waals surface area contributed by atoms with Crippen molar-refractivity contribution in [1.29, 1.82) is 0 Å². The zero-order valence-corrected chi connectivity index (χ0v) is 7.04. The lowest BCUT2D eigenvalue weighted by Crippen LogP contribution is -2.31. The third kappa shape index (κ3) is 1.32. The van der Waals surface area contributed by atoms with E-state index in [1.807, 2.05) is 6.92 Å². The minimum Gasteiger partial charge on any atom is -0.326 e. The van der Waals surface area contributed by atoms with Crippen LogP contribution in [0.15, 0.2) is 12.7 Å². The van der Waals surface area contributed by atoms with Crippen molar-refractivity contribution in [2.45, 2.75) is 19.4 Å². The van der Waals surface area contributed by atoms with Gasteiger partial charge in [-0.3, -0.25) is 9.69 Å². The summed E-state index contributed by atoms with van der Waals surface area (Å²) in [5.41, 5.74) is 0. The van der Waals surface area contributed by atoms with Crippen LogP contribution in [-0.2, 0) is 4.79 Å². The molecule has 0 spiro atoms. The summed E-state index contributed by atoms with van der Waals surface area (Å²) in [4.78, 5) is 23.6. The molecule has 1 aliphatic heterocycles. The Balaban J connectivity index is 2.70. The van der Waals surface area contributed by atoms with Gasteiger partial charge in [-0.2, -0.15) is 0 Å². The van der Waals surface area contributed by atoms with E-state index in [1.165, 1.54) is 11.0 Å². The number of hydrogen-bond acceptors (Lipinski definition) is 2. The van der Waals surface area contributed by atoms with E-state index in [9.17, 15) is 9.59 Å². The highest BCUT2D eigenvalue weighted by Crippen LogP contribution is 2.08. The molecule has 3 amide bonds. The maximum atomic E-state index is 11.3. The lowest BCUT2D eigenvalue weighted by atomic mass is 10.2. The van der Waals surface area contributed by atoms with E-state index < -0.39 is 0 Å². The number of carbonyl (C=O) groups is 2. The van der Waals surface area contributed by atoms with Gasteiger partial charge in [0.05, 0.1) is 0 Å². The van der Waals surface area contributed by atoms with E-state index in [2.05, 4.69) is 11.9 Å². The minimum atomic E-state index is -0.336. The summed E-state index contributed by atoms with van der Waals surface area (Å²) in [5.74, 6) is -0.151. The predicted molar refractivity (Wildman–Crippen MR) is 44.5 cm³/mol. The number of urea groups is 1. The molecule has 0 bridgehead atoms. The molecule has 0 aromatic rings. The lowest BCUT2D eigenvalue weighted by molar-refractivity contribution is -0.127. The molecule has 0 radical (unpaired) electrons. The molecule has 0 unspecified atom stereocenters. The van der Waals surface area contributed by atoms with Crippen molar-refractivity contribution in [3.05, 3.63) is 12.7 Å². The van der Waals surface area contributed by atoms with Gasteiger partial charge in [0, 0.05) is 6.54 Å². The first-order valence-corrected chi connectivity index (χ1v) is 3.93. The molecule has 1 heterocycles. The van der Waals surface area contributed by atoms with Crippen LogP contribution in [0.1, 0.15) is 13.3 Å². The Morgan fingerprint density at radius 1 is 1.67 bits per heavy atom. The smallest absolute Gasteiger partial charge is 0.325 e. The van der Waals surface area contributed by atoms with Gasteiger partial charge in [0.15, 0.2) is 0 Å². The Morgan fingerprint density at radius 3 is 2.75 bits per heavy atom. The van der Waals surface area contributed by atoms with Crippen LogP contribution in [0.5, 0.6) is 0 Å². The molecular weight excluding hydrogens is 156 g/mol. The van der Waals surface area contributed by atoms with Gasteiger partial charge in [-0.15, -0.1) is 6.58 Å². The minimum absolute atomic E-state index is 0.151. The maximum absolute atomic E-state index is 11.3. The molecule has 1 fully saturated rings. The zero-order valence-electron chi connectivity index (χ0n) is 7.04. The predicted octanol–water partition coefficient (Wildman–Crippen LogP) is 0.503. The molecule has 1 rings (SSSR count). The Morgan fingerprint density at radius 2 is 2.33 bits per heavy atom. The summed E-state index contributed by atoms with van der Waals surface area (Å²) >= 11 is 0. The number of hydrogen-bond donors (Lipinski definition) is 1.